The number of nitrogens with zero attached hydrogens (tertiary/aromatic N) is 1. The van der Waals surface area contributed by atoms with Gasteiger partial charge in [-0.3, -0.25) is 4.79 Å². The van der Waals surface area contributed by atoms with Gasteiger partial charge in [-0.2, -0.15) is 0 Å². The smallest absolute Gasteiger partial charge is 0.230 e. The van der Waals surface area contributed by atoms with E-state index in [0.717, 1.165) is 18.6 Å². The lowest BCUT2D eigenvalue weighted by Crippen LogP contribution is -2.41. The fourth-order valence-electron chi connectivity index (χ4n) is 3.02. The van der Waals surface area contributed by atoms with Crippen LogP contribution >= 0.6 is 0 Å². The van der Waals surface area contributed by atoms with Crippen LogP contribution in [0.5, 0.6) is 0 Å². The molecule has 0 bridgehead atoms. The molecule has 0 aromatic rings. The highest BCUT2D eigenvalue weighted by molar-refractivity contribution is 6.27. The van der Waals surface area contributed by atoms with Gasteiger partial charge in [0.25, 0.3) is 0 Å². The third-order valence-electron chi connectivity index (χ3n) is 4.27. The normalized spacial score (nSPS) is 24.9. The van der Waals surface area contributed by atoms with Crippen molar-refractivity contribution in [1.29, 1.82) is 0 Å². The third kappa shape index (κ3) is 3.01. The number of hydrogen-bond donors (Lipinski definition) is 1. The number of nitrogens with one attached hydrogen (secondary N) is 1. The molecule has 1 atom stereocenters. The largest absolute Gasteiger partial charge is 0.473 e. The van der Waals surface area contributed by atoms with E-state index in [1.54, 1.807) is 0 Å². The maximum atomic E-state index is 12.7. The van der Waals surface area contributed by atoms with Crippen molar-refractivity contribution in [2.24, 2.45) is 10.4 Å². The molecule has 0 aromatic carbocycles. The van der Waals surface area contributed by atoms with Crippen LogP contribution < -0.4 is 5.32 Å². The van der Waals surface area contributed by atoms with E-state index in [0.29, 0.717) is 11.5 Å². The molecular weight excluding hydrogens is 276 g/mol. The standard InChI is InChI=1S/C18H24N2O2/c1-18(2,3)17(21)13-9-6-10-14-16(13)20-15(11-19-14)22-12-7-4-5-8-12/h6,9-12,14,19H,4-5,7-8H2,1-3H3. The Morgan fingerprint density at radius 3 is 2.73 bits per heavy atom. The molecule has 3 aliphatic rings. The molecule has 1 fully saturated rings. The second-order valence-corrected chi connectivity index (χ2v) is 7.19. The molecule has 4 nitrogen and oxygen atoms in total. The van der Waals surface area contributed by atoms with Gasteiger partial charge in [-0.1, -0.05) is 32.9 Å². The first-order valence-corrected chi connectivity index (χ1v) is 8.10. The van der Waals surface area contributed by atoms with Gasteiger partial charge in [0.05, 0.1) is 18.0 Å². The van der Waals surface area contributed by atoms with Gasteiger partial charge in [0.1, 0.15) is 6.10 Å². The average molecular weight is 300 g/mol. The Labute approximate surface area is 132 Å². The number of hydrogen-bond acceptors (Lipinski definition) is 4. The molecule has 4 heteroatoms. The van der Waals surface area contributed by atoms with Crippen LogP contribution in [-0.4, -0.2) is 23.6 Å². The second kappa shape index (κ2) is 5.75. The molecule has 22 heavy (non-hydrogen) atoms. The number of ether oxygens (including phenoxy) is 1. The molecule has 3 rings (SSSR count). The van der Waals surface area contributed by atoms with E-state index in [1.165, 1.54) is 12.8 Å². The summed E-state index contributed by atoms with van der Waals surface area (Å²) in [4.78, 5) is 17.3. The van der Waals surface area contributed by atoms with Crippen molar-refractivity contribution >= 4 is 11.5 Å². The van der Waals surface area contributed by atoms with Crippen LogP contribution in [0.2, 0.25) is 0 Å². The molecular formula is C18H24N2O2. The summed E-state index contributed by atoms with van der Waals surface area (Å²) in [5.74, 6) is 0.713. The van der Waals surface area contributed by atoms with E-state index < -0.39 is 5.41 Å². The highest BCUT2D eigenvalue weighted by Gasteiger charge is 2.33. The van der Waals surface area contributed by atoms with Crippen molar-refractivity contribution in [3.05, 3.63) is 35.9 Å². The van der Waals surface area contributed by atoms with Crippen LogP contribution in [0.3, 0.4) is 0 Å². The van der Waals surface area contributed by atoms with Crippen LogP contribution in [0.15, 0.2) is 40.9 Å². The van der Waals surface area contributed by atoms with Gasteiger partial charge in [-0.25, -0.2) is 4.99 Å². The lowest BCUT2D eigenvalue weighted by molar-refractivity contribution is -0.121. The molecule has 0 radical (unpaired) electrons. The summed E-state index contributed by atoms with van der Waals surface area (Å²) in [6, 6.07) is -0.0396. The maximum absolute atomic E-state index is 12.7. The van der Waals surface area contributed by atoms with Crippen LogP contribution in [0.4, 0.5) is 0 Å². The number of carbonyl (C=O) groups excluding carboxylic acids is 1. The molecule has 0 spiro atoms. The topological polar surface area (TPSA) is 50.7 Å². The maximum Gasteiger partial charge on any atom is 0.230 e. The molecule has 0 amide bonds. The first kappa shape index (κ1) is 15.1. The van der Waals surface area contributed by atoms with E-state index in [-0.39, 0.29) is 17.9 Å². The summed E-state index contributed by atoms with van der Waals surface area (Å²) in [6.07, 6.45) is 12.5. The minimum Gasteiger partial charge on any atom is -0.473 e. The van der Waals surface area contributed by atoms with Crippen molar-refractivity contribution in [2.75, 3.05) is 0 Å². The van der Waals surface area contributed by atoms with Crippen molar-refractivity contribution in [1.82, 2.24) is 5.32 Å². The Morgan fingerprint density at radius 1 is 1.32 bits per heavy atom. The summed E-state index contributed by atoms with van der Waals surface area (Å²) < 4.78 is 5.96. The minimum atomic E-state index is -0.419. The van der Waals surface area contributed by atoms with Crippen LogP contribution in [0.1, 0.15) is 46.5 Å². The van der Waals surface area contributed by atoms with E-state index in [4.69, 9.17) is 4.74 Å². The Kier molecular flexibility index (Phi) is 3.94. The predicted molar refractivity (Wildman–Crippen MR) is 87.5 cm³/mol. The van der Waals surface area contributed by atoms with E-state index in [9.17, 15) is 4.79 Å². The van der Waals surface area contributed by atoms with Crippen molar-refractivity contribution in [3.8, 4) is 0 Å². The molecule has 0 aromatic heterocycles. The van der Waals surface area contributed by atoms with E-state index >= 15 is 0 Å². The Balaban J connectivity index is 1.82. The first-order valence-electron chi connectivity index (χ1n) is 8.10. The third-order valence-corrected chi connectivity index (χ3v) is 4.27. The molecule has 1 N–H and O–H groups in total. The summed E-state index contributed by atoms with van der Waals surface area (Å²) in [7, 11) is 0. The number of allylic oxidation sites excluding steroid dienone is 2. The Bertz CT molecular complexity index is 585. The van der Waals surface area contributed by atoms with Gasteiger partial charge in [-0.15, -0.1) is 0 Å². The van der Waals surface area contributed by atoms with Gasteiger partial charge in [0.15, 0.2) is 5.78 Å². The summed E-state index contributed by atoms with van der Waals surface area (Å²) >= 11 is 0. The highest BCUT2D eigenvalue weighted by Crippen LogP contribution is 2.28. The Hall–Kier alpha value is -1.84. The molecule has 1 heterocycles. The SMILES string of the molecule is CC(C)(C)C(=O)C1=CC=CC2NC=C(OC3CCCC3)N=C12. The molecule has 1 unspecified atom stereocenters. The quantitative estimate of drug-likeness (QED) is 0.870. The van der Waals surface area contributed by atoms with E-state index in [2.05, 4.69) is 10.3 Å². The lowest BCUT2D eigenvalue weighted by Gasteiger charge is -2.28. The molecule has 0 saturated heterocycles. The van der Waals surface area contributed by atoms with Crippen molar-refractivity contribution in [3.63, 3.8) is 0 Å². The molecule has 2 aliphatic carbocycles. The zero-order chi connectivity index (χ0) is 15.7. The fraction of sp³-hybridized carbons (Fsp3) is 0.556. The van der Waals surface area contributed by atoms with Crippen molar-refractivity contribution < 1.29 is 9.53 Å². The van der Waals surface area contributed by atoms with Gasteiger partial charge < -0.3 is 10.1 Å². The summed E-state index contributed by atoms with van der Waals surface area (Å²) in [5, 5.41) is 3.28. The number of rotatable bonds is 3. The van der Waals surface area contributed by atoms with Crippen LogP contribution in [0.25, 0.3) is 0 Å². The molecule has 118 valence electrons. The summed E-state index contributed by atoms with van der Waals surface area (Å²) in [5.41, 5.74) is 1.04. The zero-order valence-corrected chi connectivity index (χ0v) is 13.6. The van der Waals surface area contributed by atoms with Gasteiger partial charge >= 0.3 is 0 Å². The number of Topliss-reactive ketones (excluding diaryl/α,β-unsaturated/α-hetero) is 1. The molecule has 1 aliphatic heterocycles. The first-order chi connectivity index (χ1) is 10.4. The number of ketones is 1. The van der Waals surface area contributed by atoms with Gasteiger partial charge in [-0.05, 0) is 31.8 Å². The summed E-state index contributed by atoms with van der Waals surface area (Å²) in [6.45, 7) is 5.81. The number of fused-ring (bicyclic) bond motifs is 1. The van der Waals surface area contributed by atoms with Gasteiger partial charge in [0, 0.05) is 11.0 Å². The highest BCUT2D eigenvalue weighted by atomic mass is 16.5. The zero-order valence-electron chi connectivity index (χ0n) is 13.6. The van der Waals surface area contributed by atoms with Crippen LogP contribution in [0, 0.1) is 5.41 Å². The number of aliphatic imine (C=N–C) groups is 1. The fourth-order valence-corrected chi connectivity index (χ4v) is 3.02. The minimum absolute atomic E-state index is 0.0396. The predicted octanol–water partition coefficient (Wildman–Crippen LogP) is 3.27. The second-order valence-electron chi connectivity index (χ2n) is 7.19. The van der Waals surface area contributed by atoms with E-state index in [1.807, 2.05) is 45.2 Å². The average Bonchev–Trinajstić information content (AvgIpc) is 2.98. The number of carbonyl (C=O) groups is 1. The van der Waals surface area contributed by atoms with Gasteiger partial charge in [0.2, 0.25) is 5.88 Å². The van der Waals surface area contributed by atoms with Crippen molar-refractivity contribution in [2.45, 2.75) is 58.6 Å². The Morgan fingerprint density at radius 2 is 2.05 bits per heavy atom. The monoisotopic (exact) mass is 300 g/mol. The lowest BCUT2D eigenvalue weighted by atomic mass is 9.81. The molecule has 1 saturated carbocycles. The van der Waals surface area contributed by atoms with Crippen LogP contribution in [-0.2, 0) is 9.53 Å².